The molecule has 0 saturated carbocycles. The molecule has 1 aromatic heterocycles. The Morgan fingerprint density at radius 2 is 1.83 bits per heavy atom. The van der Waals surface area contributed by atoms with Crippen LogP contribution in [0.1, 0.15) is 47.3 Å². The lowest BCUT2D eigenvalue weighted by molar-refractivity contribution is -0.138. The number of H-pyrrole nitrogens is 1. The highest BCUT2D eigenvalue weighted by molar-refractivity contribution is 5.94. The van der Waals surface area contributed by atoms with Crippen LogP contribution in [0.5, 0.6) is 0 Å². The van der Waals surface area contributed by atoms with Gasteiger partial charge in [0.2, 0.25) is 5.91 Å². The van der Waals surface area contributed by atoms with E-state index in [0.717, 1.165) is 12.8 Å². The monoisotopic (exact) mass is 397 g/mol. The molecule has 1 atom stereocenters. The minimum absolute atomic E-state index is 0.0179. The number of hydrogen-bond acceptors (Lipinski definition) is 5. The van der Waals surface area contributed by atoms with Gasteiger partial charge in [-0.3, -0.25) is 14.7 Å². The number of nitrogens with one attached hydrogen (secondary N) is 1. The number of nitrogens with zero attached hydrogens (tertiary/aromatic N) is 4. The first-order valence-corrected chi connectivity index (χ1v) is 10.2. The number of aromatic nitrogens is 3. The Kier molecular flexibility index (Phi) is 5.89. The lowest BCUT2D eigenvalue weighted by atomic mass is 9.98. The van der Waals surface area contributed by atoms with Crippen LogP contribution >= 0.6 is 0 Å². The predicted molar refractivity (Wildman–Crippen MR) is 106 cm³/mol. The molecule has 4 rings (SSSR count). The number of hydrogen-bond donors (Lipinski definition) is 1. The second kappa shape index (κ2) is 8.73. The third kappa shape index (κ3) is 4.32. The Hall–Kier alpha value is -2.74. The van der Waals surface area contributed by atoms with Gasteiger partial charge in [-0.1, -0.05) is 18.2 Å². The Labute approximate surface area is 170 Å². The zero-order valence-electron chi connectivity index (χ0n) is 16.7. The summed E-state index contributed by atoms with van der Waals surface area (Å²) in [6, 6.07) is 8.98. The SMILES string of the molecule is Cc1nc(C2CCN(C(=O)C3CCOCC3)CCN2C(=O)c2ccccc2)n[nH]1. The minimum atomic E-state index is -0.264. The maximum atomic E-state index is 13.3. The molecule has 2 fully saturated rings. The average molecular weight is 397 g/mol. The van der Waals surface area contributed by atoms with Gasteiger partial charge in [0.1, 0.15) is 5.82 Å². The molecule has 3 heterocycles. The van der Waals surface area contributed by atoms with Crippen LogP contribution < -0.4 is 0 Å². The maximum absolute atomic E-state index is 13.3. The molecule has 0 spiro atoms. The van der Waals surface area contributed by atoms with Gasteiger partial charge in [-0.05, 0) is 38.3 Å². The second-order valence-corrected chi connectivity index (χ2v) is 7.66. The summed E-state index contributed by atoms with van der Waals surface area (Å²) in [5.74, 6) is 1.45. The maximum Gasteiger partial charge on any atom is 0.254 e. The predicted octanol–water partition coefficient (Wildman–Crippen LogP) is 1.96. The van der Waals surface area contributed by atoms with Gasteiger partial charge < -0.3 is 14.5 Å². The molecular weight excluding hydrogens is 370 g/mol. The molecule has 2 aromatic rings. The summed E-state index contributed by atoms with van der Waals surface area (Å²) in [6.45, 7) is 4.70. The van der Waals surface area contributed by atoms with E-state index in [-0.39, 0.29) is 23.8 Å². The highest BCUT2D eigenvalue weighted by Gasteiger charge is 2.35. The molecule has 1 N–H and O–H groups in total. The third-order valence-corrected chi connectivity index (χ3v) is 5.74. The van der Waals surface area contributed by atoms with Crippen molar-refractivity contribution in [1.82, 2.24) is 25.0 Å². The topological polar surface area (TPSA) is 91.4 Å². The summed E-state index contributed by atoms with van der Waals surface area (Å²) < 4.78 is 5.39. The largest absolute Gasteiger partial charge is 0.381 e. The first-order valence-electron chi connectivity index (χ1n) is 10.2. The smallest absolute Gasteiger partial charge is 0.254 e. The molecule has 2 aliphatic heterocycles. The molecule has 2 amide bonds. The number of benzene rings is 1. The molecule has 1 aromatic carbocycles. The first kappa shape index (κ1) is 19.6. The zero-order chi connectivity index (χ0) is 20.2. The van der Waals surface area contributed by atoms with E-state index in [1.54, 1.807) is 0 Å². The number of aryl methyl sites for hydroxylation is 1. The van der Waals surface area contributed by atoms with Crippen LogP contribution in [0.2, 0.25) is 0 Å². The molecule has 154 valence electrons. The summed E-state index contributed by atoms with van der Waals surface area (Å²) in [5, 5.41) is 7.19. The molecule has 0 radical (unpaired) electrons. The van der Waals surface area contributed by atoms with Crippen LogP contribution in [0.25, 0.3) is 0 Å². The molecular formula is C21H27N5O3. The third-order valence-electron chi connectivity index (χ3n) is 5.74. The van der Waals surface area contributed by atoms with E-state index in [4.69, 9.17) is 4.74 Å². The highest BCUT2D eigenvalue weighted by atomic mass is 16.5. The Morgan fingerprint density at radius 1 is 1.07 bits per heavy atom. The summed E-state index contributed by atoms with van der Waals surface area (Å²) in [6.07, 6.45) is 2.15. The summed E-state index contributed by atoms with van der Waals surface area (Å²) in [7, 11) is 0. The fraction of sp³-hybridized carbons (Fsp3) is 0.524. The zero-order valence-corrected chi connectivity index (χ0v) is 16.7. The van der Waals surface area contributed by atoms with E-state index in [1.807, 2.05) is 47.1 Å². The fourth-order valence-electron chi connectivity index (χ4n) is 4.12. The normalized spacial score (nSPS) is 21.1. The van der Waals surface area contributed by atoms with E-state index < -0.39 is 0 Å². The Morgan fingerprint density at radius 3 is 2.52 bits per heavy atom. The second-order valence-electron chi connectivity index (χ2n) is 7.66. The van der Waals surface area contributed by atoms with Gasteiger partial charge in [-0.2, -0.15) is 5.10 Å². The lowest BCUT2D eigenvalue weighted by Gasteiger charge is -2.29. The van der Waals surface area contributed by atoms with Crippen LogP contribution in [0.4, 0.5) is 0 Å². The molecule has 0 aliphatic carbocycles. The Balaban J connectivity index is 1.56. The van der Waals surface area contributed by atoms with E-state index in [2.05, 4.69) is 15.2 Å². The number of carbonyl (C=O) groups is 2. The van der Waals surface area contributed by atoms with Crippen molar-refractivity contribution >= 4 is 11.8 Å². The minimum Gasteiger partial charge on any atom is -0.381 e. The van der Waals surface area contributed by atoms with Gasteiger partial charge in [-0.25, -0.2) is 4.98 Å². The van der Waals surface area contributed by atoms with E-state index in [9.17, 15) is 9.59 Å². The standard InChI is InChI=1S/C21H27N5O3/c1-15-22-19(24-23-15)18-7-10-25(20(27)17-8-13-29-14-9-17)11-12-26(18)21(28)16-5-3-2-4-6-16/h2-6,17-18H,7-14H2,1H3,(H,22,23,24). The Bertz CT molecular complexity index is 847. The molecule has 0 bridgehead atoms. The van der Waals surface area contributed by atoms with Crippen LogP contribution in [0.15, 0.2) is 30.3 Å². The number of amides is 2. The van der Waals surface area contributed by atoms with Crippen molar-refractivity contribution in [2.24, 2.45) is 5.92 Å². The fourth-order valence-corrected chi connectivity index (χ4v) is 4.12. The van der Waals surface area contributed by atoms with Crippen molar-refractivity contribution in [3.63, 3.8) is 0 Å². The van der Waals surface area contributed by atoms with E-state index >= 15 is 0 Å². The molecule has 2 saturated heterocycles. The van der Waals surface area contributed by atoms with Crippen LogP contribution in [0, 0.1) is 12.8 Å². The van der Waals surface area contributed by atoms with Gasteiger partial charge in [0.05, 0.1) is 6.04 Å². The van der Waals surface area contributed by atoms with Crippen molar-refractivity contribution < 1.29 is 14.3 Å². The molecule has 29 heavy (non-hydrogen) atoms. The first-order chi connectivity index (χ1) is 14.1. The summed E-state index contributed by atoms with van der Waals surface area (Å²) in [4.78, 5) is 34.5. The van der Waals surface area contributed by atoms with Crippen molar-refractivity contribution in [3.05, 3.63) is 47.5 Å². The summed E-state index contributed by atoms with van der Waals surface area (Å²) >= 11 is 0. The molecule has 1 unspecified atom stereocenters. The van der Waals surface area contributed by atoms with Gasteiger partial charge in [0.25, 0.3) is 5.91 Å². The quantitative estimate of drug-likeness (QED) is 0.855. The van der Waals surface area contributed by atoms with Gasteiger partial charge >= 0.3 is 0 Å². The van der Waals surface area contributed by atoms with Crippen LogP contribution in [0.3, 0.4) is 0 Å². The number of carbonyl (C=O) groups excluding carboxylic acids is 2. The van der Waals surface area contributed by atoms with Crippen LogP contribution in [-0.4, -0.2) is 69.6 Å². The lowest BCUT2D eigenvalue weighted by Crippen LogP contribution is -2.41. The van der Waals surface area contributed by atoms with Crippen molar-refractivity contribution in [1.29, 1.82) is 0 Å². The van der Waals surface area contributed by atoms with Crippen molar-refractivity contribution in [2.75, 3.05) is 32.8 Å². The van der Waals surface area contributed by atoms with Gasteiger partial charge in [0.15, 0.2) is 5.82 Å². The molecule has 8 heteroatoms. The number of rotatable bonds is 3. The van der Waals surface area contributed by atoms with Crippen LogP contribution in [-0.2, 0) is 9.53 Å². The van der Waals surface area contributed by atoms with Crippen molar-refractivity contribution in [2.45, 2.75) is 32.2 Å². The van der Waals surface area contributed by atoms with Gasteiger partial charge in [-0.15, -0.1) is 0 Å². The summed E-state index contributed by atoms with van der Waals surface area (Å²) in [5.41, 5.74) is 0.633. The molecule has 8 nitrogen and oxygen atoms in total. The number of ether oxygens (including phenoxy) is 1. The van der Waals surface area contributed by atoms with Crippen molar-refractivity contribution in [3.8, 4) is 0 Å². The van der Waals surface area contributed by atoms with E-state index in [0.29, 0.717) is 56.5 Å². The van der Waals surface area contributed by atoms with E-state index in [1.165, 1.54) is 0 Å². The molecule has 2 aliphatic rings. The van der Waals surface area contributed by atoms with Gasteiger partial charge in [0, 0.05) is 44.3 Å². The highest BCUT2D eigenvalue weighted by Crippen LogP contribution is 2.28. The average Bonchev–Trinajstić information content (AvgIpc) is 3.07. The number of aromatic amines is 1.